The number of carbonyl (C=O) groups is 1. The lowest BCUT2D eigenvalue weighted by Crippen LogP contribution is -2.49. The molecule has 2 aliphatic rings. The molecule has 0 N–H and O–H groups in total. The van der Waals surface area contributed by atoms with Crippen molar-refractivity contribution in [3.05, 3.63) is 0 Å². The summed E-state index contributed by atoms with van der Waals surface area (Å²) in [6.07, 6.45) is 3.78. The molecule has 2 saturated heterocycles. The standard InChI is InChI=1S/C15H28N2O2/c1-15(2,3)14(18)16-8-5-12(6-9-16)17-10-7-13(11-17)19-4/h12-13H,5-11H2,1-4H3. The molecule has 2 aliphatic heterocycles. The molecule has 0 spiro atoms. The number of methoxy groups -OCH3 is 1. The lowest BCUT2D eigenvalue weighted by molar-refractivity contribution is -0.141. The molecule has 4 nitrogen and oxygen atoms in total. The summed E-state index contributed by atoms with van der Waals surface area (Å²) in [6, 6.07) is 0.643. The van der Waals surface area contributed by atoms with Crippen molar-refractivity contribution in [2.75, 3.05) is 33.3 Å². The van der Waals surface area contributed by atoms with Crippen LogP contribution in [-0.2, 0) is 9.53 Å². The lowest BCUT2D eigenvalue weighted by Gasteiger charge is -2.39. The van der Waals surface area contributed by atoms with Gasteiger partial charge in [-0.2, -0.15) is 0 Å². The molecule has 4 heteroatoms. The summed E-state index contributed by atoms with van der Waals surface area (Å²) in [5, 5.41) is 0. The Balaban J connectivity index is 1.81. The second-order valence-corrected chi connectivity index (χ2v) is 6.91. The van der Waals surface area contributed by atoms with Crippen molar-refractivity contribution in [2.45, 2.75) is 52.2 Å². The minimum Gasteiger partial charge on any atom is -0.380 e. The number of piperidine rings is 1. The molecular weight excluding hydrogens is 240 g/mol. The molecule has 2 heterocycles. The number of carbonyl (C=O) groups excluding carboxylic acids is 1. The van der Waals surface area contributed by atoms with E-state index in [1.54, 1.807) is 7.11 Å². The number of amides is 1. The van der Waals surface area contributed by atoms with Gasteiger partial charge < -0.3 is 9.64 Å². The van der Waals surface area contributed by atoms with Crippen LogP contribution in [-0.4, -0.2) is 61.1 Å². The van der Waals surface area contributed by atoms with Gasteiger partial charge in [-0.15, -0.1) is 0 Å². The van der Waals surface area contributed by atoms with Crippen molar-refractivity contribution < 1.29 is 9.53 Å². The Morgan fingerprint density at radius 1 is 1.11 bits per heavy atom. The molecule has 0 aromatic rings. The van der Waals surface area contributed by atoms with Crippen LogP contribution in [0.3, 0.4) is 0 Å². The molecule has 1 unspecified atom stereocenters. The zero-order valence-electron chi connectivity index (χ0n) is 12.8. The van der Waals surface area contributed by atoms with Gasteiger partial charge in [0.2, 0.25) is 5.91 Å². The minimum absolute atomic E-state index is 0.248. The van der Waals surface area contributed by atoms with Gasteiger partial charge in [0.1, 0.15) is 0 Å². The molecule has 19 heavy (non-hydrogen) atoms. The Hall–Kier alpha value is -0.610. The molecule has 0 saturated carbocycles. The van der Waals surface area contributed by atoms with Gasteiger partial charge in [0.05, 0.1) is 6.10 Å². The topological polar surface area (TPSA) is 32.8 Å². The van der Waals surface area contributed by atoms with Gasteiger partial charge in [0.25, 0.3) is 0 Å². The van der Waals surface area contributed by atoms with Crippen LogP contribution in [0.2, 0.25) is 0 Å². The van der Waals surface area contributed by atoms with Gasteiger partial charge in [0, 0.05) is 44.7 Å². The van der Waals surface area contributed by atoms with Gasteiger partial charge >= 0.3 is 0 Å². The second-order valence-electron chi connectivity index (χ2n) is 6.91. The first-order chi connectivity index (χ1) is 8.91. The Bertz CT molecular complexity index is 317. The Kier molecular flexibility index (Phi) is 4.51. The molecule has 0 aromatic heterocycles. The molecule has 0 aliphatic carbocycles. The van der Waals surface area contributed by atoms with E-state index in [1.165, 1.54) is 0 Å². The first-order valence-electron chi connectivity index (χ1n) is 7.48. The van der Waals surface area contributed by atoms with Crippen molar-refractivity contribution in [3.63, 3.8) is 0 Å². The fraction of sp³-hybridized carbons (Fsp3) is 0.933. The highest BCUT2D eigenvalue weighted by atomic mass is 16.5. The number of ether oxygens (including phenoxy) is 1. The second kappa shape index (κ2) is 5.80. The number of likely N-dealkylation sites (tertiary alicyclic amines) is 2. The molecule has 0 bridgehead atoms. The SMILES string of the molecule is COC1CCN(C2CCN(C(=O)C(C)(C)C)CC2)C1. The van der Waals surface area contributed by atoms with E-state index in [9.17, 15) is 4.79 Å². The first-order valence-corrected chi connectivity index (χ1v) is 7.48. The zero-order valence-corrected chi connectivity index (χ0v) is 12.8. The van der Waals surface area contributed by atoms with Crippen LogP contribution in [0.1, 0.15) is 40.0 Å². The largest absolute Gasteiger partial charge is 0.380 e. The van der Waals surface area contributed by atoms with Crippen LogP contribution < -0.4 is 0 Å². The summed E-state index contributed by atoms with van der Waals surface area (Å²) in [5.41, 5.74) is -0.248. The van der Waals surface area contributed by atoms with E-state index in [1.807, 2.05) is 25.7 Å². The zero-order chi connectivity index (χ0) is 14.0. The summed E-state index contributed by atoms with van der Waals surface area (Å²) in [5.74, 6) is 0.294. The lowest BCUT2D eigenvalue weighted by atomic mass is 9.92. The minimum atomic E-state index is -0.248. The first kappa shape index (κ1) is 14.8. The van der Waals surface area contributed by atoms with Gasteiger partial charge in [0.15, 0.2) is 0 Å². The summed E-state index contributed by atoms with van der Waals surface area (Å²) in [7, 11) is 1.80. The van der Waals surface area contributed by atoms with E-state index >= 15 is 0 Å². The molecule has 1 amide bonds. The smallest absolute Gasteiger partial charge is 0.227 e. The average molecular weight is 268 g/mol. The maximum Gasteiger partial charge on any atom is 0.227 e. The van der Waals surface area contributed by atoms with E-state index < -0.39 is 0 Å². The van der Waals surface area contributed by atoms with Crippen LogP contribution in [0.5, 0.6) is 0 Å². The molecule has 0 radical (unpaired) electrons. The van der Waals surface area contributed by atoms with Crippen LogP contribution in [0.15, 0.2) is 0 Å². The molecule has 1 atom stereocenters. The fourth-order valence-corrected chi connectivity index (χ4v) is 3.19. The van der Waals surface area contributed by atoms with Crippen LogP contribution in [0.25, 0.3) is 0 Å². The van der Waals surface area contributed by atoms with Crippen LogP contribution in [0.4, 0.5) is 0 Å². The molecule has 2 fully saturated rings. The number of nitrogens with zero attached hydrogens (tertiary/aromatic N) is 2. The summed E-state index contributed by atoms with van der Waals surface area (Å²) >= 11 is 0. The van der Waals surface area contributed by atoms with Gasteiger partial charge in [-0.1, -0.05) is 20.8 Å². The predicted octanol–water partition coefficient (Wildman–Crippen LogP) is 1.74. The normalized spacial score (nSPS) is 26.9. The third kappa shape index (κ3) is 3.48. The quantitative estimate of drug-likeness (QED) is 0.765. The Labute approximate surface area is 117 Å². The summed E-state index contributed by atoms with van der Waals surface area (Å²) in [4.78, 5) is 16.8. The number of rotatable bonds is 2. The van der Waals surface area contributed by atoms with E-state index in [0.29, 0.717) is 18.1 Å². The molecule has 0 aromatic carbocycles. The van der Waals surface area contributed by atoms with Gasteiger partial charge in [-0.05, 0) is 19.3 Å². The Morgan fingerprint density at radius 2 is 1.74 bits per heavy atom. The van der Waals surface area contributed by atoms with Crippen molar-refractivity contribution >= 4 is 5.91 Å². The maximum absolute atomic E-state index is 12.2. The summed E-state index contributed by atoms with van der Waals surface area (Å²) in [6.45, 7) is 10.1. The van der Waals surface area contributed by atoms with E-state index in [-0.39, 0.29) is 5.41 Å². The van der Waals surface area contributed by atoms with Crippen molar-refractivity contribution in [3.8, 4) is 0 Å². The highest BCUT2D eigenvalue weighted by molar-refractivity contribution is 5.81. The van der Waals surface area contributed by atoms with Crippen molar-refractivity contribution in [1.29, 1.82) is 0 Å². The molecule has 110 valence electrons. The van der Waals surface area contributed by atoms with Crippen molar-refractivity contribution in [2.24, 2.45) is 5.41 Å². The number of hydrogen-bond donors (Lipinski definition) is 0. The third-order valence-corrected chi connectivity index (χ3v) is 4.42. The van der Waals surface area contributed by atoms with Gasteiger partial charge in [-0.3, -0.25) is 9.69 Å². The fourth-order valence-electron chi connectivity index (χ4n) is 3.19. The third-order valence-electron chi connectivity index (χ3n) is 4.42. The van der Waals surface area contributed by atoms with Crippen molar-refractivity contribution in [1.82, 2.24) is 9.80 Å². The highest BCUT2D eigenvalue weighted by Gasteiger charge is 2.34. The van der Waals surface area contributed by atoms with Crippen LogP contribution >= 0.6 is 0 Å². The predicted molar refractivity (Wildman–Crippen MR) is 76.0 cm³/mol. The van der Waals surface area contributed by atoms with Gasteiger partial charge in [-0.25, -0.2) is 0 Å². The summed E-state index contributed by atoms with van der Waals surface area (Å²) < 4.78 is 5.43. The highest BCUT2D eigenvalue weighted by Crippen LogP contribution is 2.25. The van der Waals surface area contributed by atoms with E-state index in [4.69, 9.17) is 4.74 Å². The average Bonchev–Trinajstić information content (AvgIpc) is 2.86. The monoisotopic (exact) mass is 268 g/mol. The number of hydrogen-bond acceptors (Lipinski definition) is 3. The Morgan fingerprint density at radius 3 is 2.21 bits per heavy atom. The molecular formula is C15H28N2O2. The maximum atomic E-state index is 12.2. The van der Waals surface area contributed by atoms with E-state index in [0.717, 1.165) is 45.4 Å². The van der Waals surface area contributed by atoms with Crippen LogP contribution in [0, 0.1) is 5.41 Å². The molecule has 2 rings (SSSR count). The van der Waals surface area contributed by atoms with E-state index in [2.05, 4.69) is 4.90 Å².